The first-order valence-corrected chi connectivity index (χ1v) is 9.32. The van der Waals surface area contributed by atoms with E-state index < -0.39 is 0 Å². The van der Waals surface area contributed by atoms with Crippen molar-refractivity contribution in [2.24, 2.45) is 0 Å². The van der Waals surface area contributed by atoms with E-state index >= 15 is 0 Å². The molecule has 27 heavy (non-hydrogen) atoms. The van der Waals surface area contributed by atoms with Gasteiger partial charge in [0.15, 0.2) is 0 Å². The number of rotatable bonds is 3. The molecular formula is C21H23N3O3. The number of fused-ring (bicyclic) bond motifs is 3. The summed E-state index contributed by atoms with van der Waals surface area (Å²) in [7, 11) is 0. The normalized spacial score (nSPS) is 18.6. The summed E-state index contributed by atoms with van der Waals surface area (Å²) < 4.78 is 5.57. The molecule has 0 saturated carbocycles. The summed E-state index contributed by atoms with van der Waals surface area (Å²) in [5.41, 5.74) is 3.02. The predicted molar refractivity (Wildman–Crippen MR) is 103 cm³/mol. The number of urea groups is 1. The number of nitrogens with one attached hydrogen (secondary N) is 1. The van der Waals surface area contributed by atoms with E-state index in [2.05, 4.69) is 17.4 Å². The van der Waals surface area contributed by atoms with E-state index in [1.54, 1.807) is 11.0 Å². The molecule has 6 heteroatoms. The van der Waals surface area contributed by atoms with Gasteiger partial charge in [-0.1, -0.05) is 36.4 Å². The largest absolute Gasteiger partial charge is 0.492 e. The van der Waals surface area contributed by atoms with Crippen LogP contribution in [0.3, 0.4) is 0 Å². The molecule has 0 bridgehead atoms. The van der Waals surface area contributed by atoms with Crippen LogP contribution in [0.2, 0.25) is 0 Å². The van der Waals surface area contributed by atoms with Gasteiger partial charge in [-0.25, -0.2) is 4.79 Å². The maximum atomic E-state index is 12.8. The lowest BCUT2D eigenvalue weighted by Gasteiger charge is -2.44. The first kappa shape index (κ1) is 17.4. The summed E-state index contributed by atoms with van der Waals surface area (Å²) in [4.78, 5) is 29.0. The van der Waals surface area contributed by atoms with Gasteiger partial charge in [-0.3, -0.25) is 4.79 Å². The van der Waals surface area contributed by atoms with Crippen molar-refractivity contribution in [3.05, 3.63) is 59.7 Å². The van der Waals surface area contributed by atoms with Crippen molar-refractivity contribution in [3.63, 3.8) is 0 Å². The van der Waals surface area contributed by atoms with Crippen LogP contribution in [0.25, 0.3) is 0 Å². The minimum Gasteiger partial charge on any atom is -0.492 e. The highest BCUT2D eigenvalue weighted by Gasteiger charge is 2.38. The van der Waals surface area contributed by atoms with Crippen LogP contribution in [0.5, 0.6) is 5.75 Å². The van der Waals surface area contributed by atoms with E-state index in [1.165, 1.54) is 5.56 Å². The molecule has 0 aromatic heterocycles. The quantitative estimate of drug-likeness (QED) is 0.909. The van der Waals surface area contributed by atoms with Gasteiger partial charge in [0, 0.05) is 13.1 Å². The van der Waals surface area contributed by atoms with Gasteiger partial charge in [0.25, 0.3) is 0 Å². The Hall–Kier alpha value is -3.02. The van der Waals surface area contributed by atoms with Crippen molar-refractivity contribution in [3.8, 4) is 5.75 Å². The van der Waals surface area contributed by atoms with Gasteiger partial charge in [-0.2, -0.15) is 0 Å². The number of para-hydroxylation sites is 2. The molecule has 1 fully saturated rings. The molecule has 2 aliphatic heterocycles. The maximum Gasteiger partial charge on any atom is 0.322 e. The van der Waals surface area contributed by atoms with Crippen LogP contribution in [0.1, 0.15) is 24.1 Å². The fraction of sp³-hybridized carbons (Fsp3) is 0.333. The zero-order valence-corrected chi connectivity index (χ0v) is 15.4. The van der Waals surface area contributed by atoms with Crippen molar-refractivity contribution in [1.29, 1.82) is 0 Å². The predicted octanol–water partition coefficient (Wildman–Crippen LogP) is 3.06. The van der Waals surface area contributed by atoms with Crippen LogP contribution in [0, 0.1) is 0 Å². The van der Waals surface area contributed by atoms with E-state index in [-0.39, 0.29) is 24.5 Å². The van der Waals surface area contributed by atoms with Crippen molar-refractivity contribution in [2.75, 3.05) is 31.6 Å². The Morgan fingerprint density at radius 3 is 2.81 bits per heavy atom. The lowest BCUT2D eigenvalue weighted by molar-refractivity contribution is -0.139. The number of benzene rings is 2. The summed E-state index contributed by atoms with van der Waals surface area (Å²) in [5.74, 6) is 0.621. The number of anilines is 1. The van der Waals surface area contributed by atoms with Gasteiger partial charge in [0.1, 0.15) is 12.3 Å². The molecule has 2 aromatic rings. The molecule has 1 unspecified atom stereocenters. The smallest absolute Gasteiger partial charge is 0.322 e. The van der Waals surface area contributed by atoms with Gasteiger partial charge in [0.2, 0.25) is 5.91 Å². The number of carbonyl (C=O) groups is 2. The number of hydrogen-bond acceptors (Lipinski definition) is 3. The number of piperazine rings is 1. The second kappa shape index (κ2) is 7.31. The van der Waals surface area contributed by atoms with Gasteiger partial charge < -0.3 is 19.9 Å². The summed E-state index contributed by atoms with van der Waals surface area (Å²) in [6.45, 7) is 3.72. The summed E-state index contributed by atoms with van der Waals surface area (Å²) in [5, 5.41) is 2.90. The number of hydrogen-bond donors (Lipinski definition) is 1. The van der Waals surface area contributed by atoms with Crippen LogP contribution in [0.15, 0.2) is 48.5 Å². The molecule has 0 spiro atoms. The van der Waals surface area contributed by atoms with Crippen molar-refractivity contribution in [2.45, 2.75) is 19.4 Å². The van der Waals surface area contributed by atoms with Crippen LogP contribution in [-0.4, -0.2) is 48.0 Å². The van der Waals surface area contributed by atoms with E-state index in [4.69, 9.17) is 4.74 Å². The van der Waals surface area contributed by atoms with Crippen LogP contribution in [-0.2, 0) is 11.2 Å². The Kier molecular flexibility index (Phi) is 4.71. The molecule has 2 aromatic carbocycles. The van der Waals surface area contributed by atoms with E-state index in [1.807, 2.05) is 42.2 Å². The molecule has 2 heterocycles. The molecule has 2 aliphatic rings. The van der Waals surface area contributed by atoms with Gasteiger partial charge >= 0.3 is 6.03 Å². The third kappa shape index (κ3) is 3.35. The standard InChI is InChI=1S/C21H23N3O3/c1-2-27-19-10-6-5-9-17(19)22-21(26)23-13-18-16-8-4-3-7-15(16)11-12-24(18)20(25)14-23/h3-10,18H,2,11-14H2,1H3,(H,22,26). The number of ether oxygens (including phenoxy) is 1. The fourth-order valence-corrected chi connectivity index (χ4v) is 3.87. The van der Waals surface area contributed by atoms with E-state index in [9.17, 15) is 9.59 Å². The summed E-state index contributed by atoms with van der Waals surface area (Å²) in [6.07, 6.45) is 0.867. The average molecular weight is 365 g/mol. The lowest BCUT2D eigenvalue weighted by Crippen LogP contribution is -2.56. The minimum absolute atomic E-state index is 0.00556. The Morgan fingerprint density at radius 1 is 1.19 bits per heavy atom. The van der Waals surface area contributed by atoms with Crippen molar-refractivity contribution >= 4 is 17.6 Å². The Labute approximate surface area is 158 Å². The zero-order valence-electron chi connectivity index (χ0n) is 15.4. The van der Waals surface area contributed by atoms with E-state index in [0.29, 0.717) is 31.1 Å². The highest BCUT2D eigenvalue weighted by Crippen LogP contribution is 2.33. The molecule has 6 nitrogen and oxygen atoms in total. The second-order valence-electron chi connectivity index (χ2n) is 6.79. The molecule has 140 valence electrons. The Bertz CT molecular complexity index is 867. The highest BCUT2D eigenvalue weighted by atomic mass is 16.5. The fourth-order valence-electron chi connectivity index (χ4n) is 3.87. The monoisotopic (exact) mass is 365 g/mol. The van der Waals surface area contributed by atoms with Gasteiger partial charge in [-0.05, 0) is 36.6 Å². The Balaban J connectivity index is 1.54. The number of amides is 3. The molecular weight excluding hydrogens is 342 g/mol. The minimum atomic E-state index is -0.279. The first-order valence-electron chi connectivity index (χ1n) is 9.32. The number of nitrogens with zero attached hydrogens (tertiary/aromatic N) is 2. The molecule has 3 amide bonds. The Morgan fingerprint density at radius 2 is 1.96 bits per heavy atom. The third-order valence-corrected chi connectivity index (χ3v) is 5.17. The van der Waals surface area contributed by atoms with Crippen molar-refractivity contribution < 1.29 is 14.3 Å². The summed E-state index contributed by atoms with van der Waals surface area (Å²) >= 11 is 0. The van der Waals surface area contributed by atoms with Crippen LogP contribution >= 0.6 is 0 Å². The zero-order chi connectivity index (χ0) is 18.8. The third-order valence-electron chi connectivity index (χ3n) is 5.17. The molecule has 1 saturated heterocycles. The average Bonchev–Trinajstić information content (AvgIpc) is 2.69. The lowest BCUT2D eigenvalue weighted by atomic mass is 9.91. The first-order chi connectivity index (χ1) is 13.2. The molecule has 0 radical (unpaired) electrons. The molecule has 0 aliphatic carbocycles. The maximum absolute atomic E-state index is 12.8. The molecule has 1 N–H and O–H groups in total. The second-order valence-corrected chi connectivity index (χ2v) is 6.79. The van der Waals surface area contributed by atoms with Crippen LogP contribution < -0.4 is 10.1 Å². The number of carbonyl (C=O) groups excluding carboxylic acids is 2. The van der Waals surface area contributed by atoms with Crippen molar-refractivity contribution in [1.82, 2.24) is 9.80 Å². The molecule has 4 rings (SSSR count). The van der Waals surface area contributed by atoms with E-state index in [0.717, 1.165) is 12.0 Å². The SMILES string of the molecule is CCOc1ccccc1NC(=O)N1CC(=O)N2CCc3ccccc3C2C1. The molecule has 1 atom stereocenters. The van der Waals surface area contributed by atoms with Gasteiger partial charge in [0.05, 0.1) is 18.3 Å². The highest BCUT2D eigenvalue weighted by molar-refractivity contribution is 5.94. The van der Waals surface area contributed by atoms with Crippen LogP contribution in [0.4, 0.5) is 10.5 Å². The topological polar surface area (TPSA) is 61.9 Å². The summed E-state index contributed by atoms with van der Waals surface area (Å²) in [6, 6.07) is 15.2. The van der Waals surface area contributed by atoms with Gasteiger partial charge in [-0.15, -0.1) is 0 Å².